The smallest absolute Gasteiger partial charge is 0.264 e. The molecule has 0 atom stereocenters. The highest BCUT2D eigenvalue weighted by Gasteiger charge is 2.24. The second-order valence-corrected chi connectivity index (χ2v) is 9.52. The zero-order valence-corrected chi connectivity index (χ0v) is 21.6. The number of benzene rings is 3. The number of thioether (sulfide) groups is 1. The van der Waals surface area contributed by atoms with E-state index in [2.05, 4.69) is 17.2 Å². The van der Waals surface area contributed by atoms with Gasteiger partial charge in [-0.05, 0) is 84.3 Å². The van der Waals surface area contributed by atoms with Gasteiger partial charge >= 0.3 is 0 Å². The standard InChI is InChI=1S/C27H24Cl2N2O3S/c1-3-17-5-9-20(10-6-17)30-27-31-26(32)25(35-27)15-18-8-12-23(24(14-18)33-4-2)34-16-19-7-11-21(28)22(29)13-19/h5-15H,3-4,16H2,1-2H3,(H,30,31,32)/b25-15-. The minimum absolute atomic E-state index is 0.183. The first-order chi connectivity index (χ1) is 16.9. The number of nitrogens with zero attached hydrogens (tertiary/aromatic N) is 1. The number of amides is 1. The van der Waals surface area contributed by atoms with E-state index in [1.165, 1.54) is 17.3 Å². The summed E-state index contributed by atoms with van der Waals surface area (Å²) in [6.45, 7) is 4.81. The molecule has 1 heterocycles. The molecule has 1 aliphatic heterocycles. The molecule has 8 heteroatoms. The second-order valence-electron chi connectivity index (χ2n) is 7.68. The molecule has 35 heavy (non-hydrogen) atoms. The predicted molar refractivity (Wildman–Crippen MR) is 145 cm³/mol. The molecule has 1 amide bonds. The summed E-state index contributed by atoms with van der Waals surface area (Å²) in [6.07, 6.45) is 2.78. The average molecular weight is 527 g/mol. The third-order valence-electron chi connectivity index (χ3n) is 5.17. The number of aliphatic imine (C=N–C) groups is 1. The van der Waals surface area contributed by atoms with Gasteiger partial charge < -0.3 is 14.8 Å². The van der Waals surface area contributed by atoms with Gasteiger partial charge in [-0.1, -0.05) is 54.4 Å². The fraction of sp³-hybridized carbons (Fsp3) is 0.185. The number of carbonyl (C=O) groups excluding carboxylic acids is 1. The van der Waals surface area contributed by atoms with Crippen LogP contribution in [0.15, 0.2) is 70.6 Å². The summed E-state index contributed by atoms with van der Waals surface area (Å²) in [5, 5.41) is 4.36. The lowest BCUT2D eigenvalue weighted by molar-refractivity contribution is -0.115. The van der Waals surface area contributed by atoms with Crippen molar-refractivity contribution in [1.29, 1.82) is 0 Å². The molecule has 0 radical (unpaired) electrons. The average Bonchev–Trinajstić information content (AvgIpc) is 3.19. The van der Waals surface area contributed by atoms with Crippen LogP contribution in [0.4, 0.5) is 5.69 Å². The molecule has 0 unspecified atom stereocenters. The highest BCUT2D eigenvalue weighted by molar-refractivity contribution is 8.18. The largest absolute Gasteiger partial charge is 0.490 e. The highest BCUT2D eigenvalue weighted by Crippen LogP contribution is 2.33. The molecule has 5 nitrogen and oxygen atoms in total. The van der Waals surface area contributed by atoms with E-state index in [-0.39, 0.29) is 5.91 Å². The van der Waals surface area contributed by atoms with E-state index >= 15 is 0 Å². The molecule has 3 aromatic rings. The summed E-state index contributed by atoms with van der Waals surface area (Å²) >= 11 is 13.4. The molecule has 0 spiro atoms. The van der Waals surface area contributed by atoms with Crippen LogP contribution in [0, 0.1) is 0 Å². The molecule has 0 bridgehead atoms. The third-order valence-corrected chi connectivity index (χ3v) is 6.82. The Morgan fingerprint density at radius 2 is 1.69 bits per heavy atom. The maximum absolute atomic E-state index is 12.5. The molecule has 3 aromatic carbocycles. The molecule has 0 saturated carbocycles. The number of rotatable bonds is 8. The van der Waals surface area contributed by atoms with Gasteiger partial charge in [-0.15, -0.1) is 0 Å². The topological polar surface area (TPSA) is 59.9 Å². The van der Waals surface area contributed by atoms with Gasteiger partial charge in [0.05, 0.1) is 27.2 Å². The van der Waals surface area contributed by atoms with Crippen LogP contribution in [0.25, 0.3) is 6.08 Å². The Morgan fingerprint density at radius 3 is 2.40 bits per heavy atom. The SMILES string of the molecule is CCOc1cc(/C=C2\SC(=Nc3ccc(CC)cc3)NC2=O)ccc1OCc1ccc(Cl)c(Cl)c1. The maximum Gasteiger partial charge on any atom is 0.264 e. The summed E-state index contributed by atoms with van der Waals surface area (Å²) < 4.78 is 11.8. The quantitative estimate of drug-likeness (QED) is 0.310. The number of nitrogens with one attached hydrogen (secondary N) is 1. The summed E-state index contributed by atoms with van der Waals surface area (Å²) in [5.41, 5.74) is 3.75. The predicted octanol–water partition coefficient (Wildman–Crippen LogP) is 7.43. The summed E-state index contributed by atoms with van der Waals surface area (Å²) in [6, 6.07) is 18.9. The van der Waals surface area contributed by atoms with Crippen molar-refractivity contribution in [3.8, 4) is 11.5 Å². The molecule has 1 saturated heterocycles. The van der Waals surface area contributed by atoms with Gasteiger partial charge in [0.1, 0.15) is 6.61 Å². The lowest BCUT2D eigenvalue weighted by atomic mass is 10.1. The van der Waals surface area contributed by atoms with Gasteiger partial charge in [0, 0.05) is 0 Å². The molecular formula is C27H24Cl2N2O3S. The van der Waals surface area contributed by atoms with Crippen LogP contribution in [0.5, 0.6) is 11.5 Å². The monoisotopic (exact) mass is 526 g/mol. The Morgan fingerprint density at radius 1 is 0.914 bits per heavy atom. The van der Waals surface area contributed by atoms with Gasteiger partial charge in [0.25, 0.3) is 5.91 Å². The molecule has 0 aliphatic carbocycles. The van der Waals surface area contributed by atoms with Crippen molar-refractivity contribution in [3.05, 3.63) is 92.3 Å². The number of hydrogen-bond acceptors (Lipinski definition) is 5. The van der Waals surface area contributed by atoms with Crippen LogP contribution < -0.4 is 14.8 Å². The molecule has 180 valence electrons. The van der Waals surface area contributed by atoms with E-state index in [9.17, 15) is 4.79 Å². The highest BCUT2D eigenvalue weighted by atomic mass is 35.5. The van der Waals surface area contributed by atoms with Crippen molar-refractivity contribution in [2.75, 3.05) is 6.61 Å². The van der Waals surface area contributed by atoms with Crippen LogP contribution in [-0.2, 0) is 17.8 Å². The van der Waals surface area contributed by atoms with E-state index in [1.807, 2.05) is 61.5 Å². The fourth-order valence-electron chi connectivity index (χ4n) is 3.35. The molecule has 1 fully saturated rings. The van der Waals surface area contributed by atoms with Crippen LogP contribution in [0.3, 0.4) is 0 Å². The summed E-state index contributed by atoms with van der Waals surface area (Å²) in [5.74, 6) is 1.01. The molecular weight excluding hydrogens is 503 g/mol. The van der Waals surface area contributed by atoms with Crippen molar-refractivity contribution in [2.24, 2.45) is 4.99 Å². The van der Waals surface area contributed by atoms with E-state index in [4.69, 9.17) is 32.7 Å². The molecule has 1 aliphatic rings. The Hall–Kier alpha value is -2.93. The Balaban J connectivity index is 1.49. The van der Waals surface area contributed by atoms with E-state index in [1.54, 1.807) is 12.1 Å². The zero-order valence-electron chi connectivity index (χ0n) is 19.3. The Bertz CT molecular complexity index is 1290. The molecule has 4 rings (SSSR count). The number of carbonyl (C=O) groups is 1. The van der Waals surface area contributed by atoms with Gasteiger partial charge in [0.2, 0.25) is 0 Å². The normalized spacial score (nSPS) is 15.5. The van der Waals surface area contributed by atoms with E-state index in [0.29, 0.717) is 44.8 Å². The van der Waals surface area contributed by atoms with Crippen LogP contribution in [0.1, 0.15) is 30.5 Å². The third kappa shape index (κ3) is 6.60. The van der Waals surface area contributed by atoms with Crippen LogP contribution in [-0.4, -0.2) is 17.7 Å². The minimum atomic E-state index is -0.183. The summed E-state index contributed by atoms with van der Waals surface area (Å²) in [7, 11) is 0. The summed E-state index contributed by atoms with van der Waals surface area (Å²) in [4.78, 5) is 17.6. The van der Waals surface area contributed by atoms with Gasteiger partial charge in [-0.3, -0.25) is 4.79 Å². The van der Waals surface area contributed by atoms with Crippen LogP contribution >= 0.6 is 35.0 Å². The van der Waals surface area contributed by atoms with Crippen molar-refractivity contribution in [2.45, 2.75) is 26.9 Å². The van der Waals surface area contributed by atoms with Crippen LogP contribution in [0.2, 0.25) is 10.0 Å². The zero-order chi connectivity index (χ0) is 24.8. The van der Waals surface area contributed by atoms with Crippen molar-refractivity contribution in [3.63, 3.8) is 0 Å². The first kappa shape index (κ1) is 25.2. The minimum Gasteiger partial charge on any atom is -0.490 e. The van der Waals surface area contributed by atoms with Gasteiger partial charge in [0.15, 0.2) is 16.7 Å². The van der Waals surface area contributed by atoms with Crippen molar-refractivity contribution >= 4 is 57.8 Å². The second kappa shape index (κ2) is 11.7. The molecule has 0 aromatic heterocycles. The Kier molecular flexibility index (Phi) is 8.39. The maximum atomic E-state index is 12.5. The number of amidine groups is 1. The number of halogens is 2. The van der Waals surface area contributed by atoms with Crippen molar-refractivity contribution in [1.82, 2.24) is 5.32 Å². The van der Waals surface area contributed by atoms with Gasteiger partial charge in [-0.25, -0.2) is 4.99 Å². The number of hydrogen-bond donors (Lipinski definition) is 1. The van der Waals surface area contributed by atoms with E-state index < -0.39 is 0 Å². The number of ether oxygens (including phenoxy) is 2. The van der Waals surface area contributed by atoms with E-state index in [0.717, 1.165) is 23.2 Å². The van der Waals surface area contributed by atoms with Gasteiger partial charge in [-0.2, -0.15) is 0 Å². The fourth-order valence-corrected chi connectivity index (χ4v) is 4.51. The lowest BCUT2D eigenvalue weighted by Gasteiger charge is -2.13. The first-order valence-corrected chi connectivity index (χ1v) is 12.7. The number of aryl methyl sites for hydroxylation is 1. The first-order valence-electron chi connectivity index (χ1n) is 11.2. The Labute approximate surface area is 219 Å². The lowest BCUT2D eigenvalue weighted by Crippen LogP contribution is -2.19. The molecule has 1 N–H and O–H groups in total. The van der Waals surface area contributed by atoms with Crippen molar-refractivity contribution < 1.29 is 14.3 Å².